The Labute approximate surface area is 168 Å². The summed E-state index contributed by atoms with van der Waals surface area (Å²) >= 11 is 9.33. The van der Waals surface area contributed by atoms with Crippen LogP contribution < -0.4 is 4.74 Å². The molecule has 1 aromatic rings. The van der Waals surface area contributed by atoms with Crippen LogP contribution in [0.1, 0.15) is 19.3 Å². The average molecular weight is 472 g/mol. The van der Waals surface area contributed by atoms with Gasteiger partial charge in [-0.25, -0.2) is 0 Å². The number of carbonyl (C=O) groups excluding carboxylic acids is 2. The summed E-state index contributed by atoms with van der Waals surface area (Å²) in [4.78, 5) is 25.8. The lowest BCUT2D eigenvalue weighted by Crippen LogP contribution is -2.43. The number of halogens is 5. The molecule has 27 heavy (non-hydrogen) atoms. The molecule has 1 aliphatic rings. The monoisotopic (exact) mass is 470 g/mol. The van der Waals surface area contributed by atoms with Gasteiger partial charge in [-0.2, -0.15) is 13.2 Å². The SMILES string of the molecule is O=C(CCCOc1ccc(Br)cc1Cl)N1CCCN(C(=O)C(F)(F)F)CC1. The van der Waals surface area contributed by atoms with Gasteiger partial charge in [-0.3, -0.25) is 9.59 Å². The fourth-order valence-electron chi connectivity index (χ4n) is 2.71. The van der Waals surface area contributed by atoms with Crippen LogP contribution in [0.25, 0.3) is 0 Å². The molecular weight excluding hydrogens is 453 g/mol. The van der Waals surface area contributed by atoms with Crippen LogP contribution in [0.15, 0.2) is 22.7 Å². The topological polar surface area (TPSA) is 49.9 Å². The summed E-state index contributed by atoms with van der Waals surface area (Å²) in [7, 11) is 0. The molecule has 0 spiro atoms. The van der Waals surface area contributed by atoms with E-state index in [2.05, 4.69) is 15.9 Å². The number of ether oxygens (including phenoxy) is 1. The van der Waals surface area contributed by atoms with Gasteiger partial charge in [-0.15, -0.1) is 0 Å². The van der Waals surface area contributed by atoms with Crippen LogP contribution in [-0.2, 0) is 9.59 Å². The molecule has 0 unspecified atom stereocenters. The summed E-state index contributed by atoms with van der Waals surface area (Å²) in [5, 5.41) is 0.456. The van der Waals surface area contributed by atoms with Gasteiger partial charge >= 0.3 is 12.1 Å². The maximum Gasteiger partial charge on any atom is 0.471 e. The standard InChI is InChI=1S/C17H19BrClF3N2O3/c18-12-4-5-14(13(19)11-12)27-10-1-3-15(25)23-6-2-7-24(9-8-23)16(26)17(20,21)22/h4-5,11H,1-3,6-10H2. The number of carbonyl (C=O) groups is 2. The predicted octanol–water partition coefficient (Wildman–Crippen LogP) is 3.88. The van der Waals surface area contributed by atoms with E-state index in [0.717, 1.165) is 9.37 Å². The van der Waals surface area contributed by atoms with Crippen molar-refractivity contribution in [2.75, 3.05) is 32.8 Å². The molecule has 0 aliphatic carbocycles. The van der Waals surface area contributed by atoms with Gasteiger partial charge < -0.3 is 14.5 Å². The predicted molar refractivity (Wildman–Crippen MR) is 97.7 cm³/mol. The summed E-state index contributed by atoms with van der Waals surface area (Å²) in [5.74, 6) is -1.50. The molecule has 1 fully saturated rings. The van der Waals surface area contributed by atoms with Gasteiger partial charge in [0, 0.05) is 37.1 Å². The van der Waals surface area contributed by atoms with Crippen LogP contribution >= 0.6 is 27.5 Å². The van der Waals surface area contributed by atoms with Crippen LogP contribution in [0.4, 0.5) is 13.2 Å². The largest absolute Gasteiger partial charge is 0.492 e. The molecular formula is C17H19BrClF3N2O3. The van der Waals surface area contributed by atoms with Crippen LogP contribution in [0.5, 0.6) is 5.75 Å². The number of benzene rings is 1. The lowest BCUT2D eigenvalue weighted by atomic mass is 10.2. The molecule has 1 saturated heterocycles. The van der Waals surface area contributed by atoms with Gasteiger partial charge in [0.1, 0.15) is 5.75 Å². The smallest absolute Gasteiger partial charge is 0.471 e. The van der Waals surface area contributed by atoms with Gasteiger partial charge in [-0.05, 0) is 31.0 Å². The first-order valence-electron chi connectivity index (χ1n) is 8.40. The molecule has 0 radical (unpaired) electrons. The zero-order valence-electron chi connectivity index (χ0n) is 14.4. The average Bonchev–Trinajstić information content (AvgIpc) is 2.84. The number of hydrogen-bond acceptors (Lipinski definition) is 3. The van der Waals surface area contributed by atoms with E-state index in [-0.39, 0.29) is 32.0 Å². The van der Waals surface area contributed by atoms with E-state index < -0.39 is 12.1 Å². The van der Waals surface area contributed by atoms with Crippen molar-refractivity contribution in [1.82, 2.24) is 9.80 Å². The zero-order chi connectivity index (χ0) is 20.0. The Bertz CT molecular complexity index is 688. The Kier molecular flexibility index (Phi) is 7.79. The molecule has 1 aliphatic heterocycles. The first-order valence-corrected chi connectivity index (χ1v) is 9.57. The molecule has 0 aromatic heterocycles. The molecule has 1 aromatic carbocycles. The van der Waals surface area contributed by atoms with E-state index in [0.29, 0.717) is 36.8 Å². The molecule has 0 N–H and O–H groups in total. The lowest BCUT2D eigenvalue weighted by molar-refractivity contribution is -0.185. The summed E-state index contributed by atoms with van der Waals surface area (Å²) in [6, 6.07) is 5.21. The molecule has 2 rings (SSSR count). The highest BCUT2D eigenvalue weighted by Crippen LogP contribution is 2.27. The van der Waals surface area contributed by atoms with E-state index in [1.54, 1.807) is 18.2 Å². The van der Waals surface area contributed by atoms with Crippen molar-refractivity contribution in [2.24, 2.45) is 0 Å². The van der Waals surface area contributed by atoms with Crippen molar-refractivity contribution in [1.29, 1.82) is 0 Å². The Morgan fingerprint density at radius 1 is 1.15 bits per heavy atom. The number of nitrogens with zero attached hydrogens (tertiary/aromatic N) is 2. The van der Waals surface area contributed by atoms with E-state index in [1.165, 1.54) is 4.90 Å². The highest BCUT2D eigenvalue weighted by Gasteiger charge is 2.42. The van der Waals surface area contributed by atoms with Crippen LogP contribution in [-0.4, -0.2) is 60.6 Å². The molecule has 5 nitrogen and oxygen atoms in total. The first-order chi connectivity index (χ1) is 12.7. The zero-order valence-corrected chi connectivity index (χ0v) is 16.7. The highest BCUT2D eigenvalue weighted by molar-refractivity contribution is 9.10. The normalized spacial score (nSPS) is 15.4. The molecule has 0 bridgehead atoms. The maximum absolute atomic E-state index is 12.5. The highest BCUT2D eigenvalue weighted by atomic mass is 79.9. The van der Waals surface area contributed by atoms with E-state index in [9.17, 15) is 22.8 Å². The van der Waals surface area contributed by atoms with Crippen molar-refractivity contribution >= 4 is 39.3 Å². The number of rotatable bonds is 5. The van der Waals surface area contributed by atoms with Gasteiger partial charge in [0.25, 0.3) is 0 Å². The summed E-state index contributed by atoms with van der Waals surface area (Å²) in [6.07, 6.45) is -3.91. The lowest BCUT2D eigenvalue weighted by Gasteiger charge is -2.23. The summed E-state index contributed by atoms with van der Waals surface area (Å²) in [5.41, 5.74) is 0. The quantitative estimate of drug-likeness (QED) is 0.613. The number of alkyl halides is 3. The van der Waals surface area contributed by atoms with Crippen LogP contribution in [0.3, 0.4) is 0 Å². The van der Waals surface area contributed by atoms with Gasteiger partial charge in [-0.1, -0.05) is 27.5 Å². The minimum atomic E-state index is -4.88. The van der Waals surface area contributed by atoms with E-state index in [1.807, 2.05) is 0 Å². The Hall–Kier alpha value is -1.48. The van der Waals surface area contributed by atoms with Crippen molar-refractivity contribution in [3.8, 4) is 5.75 Å². The van der Waals surface area contributed by atoms with E-state index in [4.69, 9.17) is 16.3 Å². The van der Waals surface area contributed by atoms with Crippen LogP contribution in [0, 0.1) is 0 Å². The van der Waals surface area contributed by atoms with Gasteiger partial charge in [0.05, 0.1) is 11.6 Å². The summed E-state index contributed by atoms with van der Waals surface area (Å²) < 4.78 is 43.9. The second-order valence-corrected chi connectivity index (χ2v) is 7.37. The third-order valence-electron chi connectivity index (χ3n) is 4.06. The van der Waals surface area contributed by atoms with Crippen molar-refractivity contribution in [2.45, 2.75) is 25.4 Å². The molecule has 1 heterocycles. The van der Waals surface area contributed by atoms with Crippen molar-refractivity contribution in [3.05, 3.63) is 27.7 Å². The van der Waals surface area contributed by atoms with Crippen molar-refractivity contribution in [3.63, 3.8) is 0 Å². The number of hydrogen-bond donors (Lipinski definition) is 0. The Morgan fingerprint density at radius 3 is 2.48 bits per heavy atom. The molecule has 0 saturated carbocycles. The molecule has 0 atom stereocenters. The first kappa shape index (κ1) is 21.8. The minimum Gasteiger partial charge on any atom is -0.492 e. The van der Waals surface area contributed by atoms with E-state index >= 15 is 0 Å². The molecule has 10 heteroatoms. The third kappa shape index (κ3) is 6.57. The fourth-order valence-corrected chi connectivity index (χ4v) is 3.43. The van der Waals surface area contributed by atoms with Gasteiger partial charge in [0.15, 0.2) is 0 Å². The van der Waals surface area contributed by atoms with Crippen LogP contribution in [0.2, 0.25) is 5.02 Å². The second kappa shape index (κ2) is 9.64. The van der Waals surface area contributed by atoms with Crippen molar-refractivity contribution < 1.29 is 27.5 Å². The second-order valence-electron chi connectivity index (χ2n) is 6.05. The summed E-state index contributed by atoms with van der Waals surface area (Å²) in [6.45, 7) is 0.599. The fraction of sp³-hybridized carbons (Fsp3) is 0.529. The Balaban J connectivity index is 1.75. The number of amides is 2. The third-order valence-corrected chi connectivity index (χ3v) is 4.85. The minimum absolute atomic E-state index is 0.00665. The maximum atomic E-state index is 12.5. The van der Waals surface area contributed by atoms with Gasteiger partial charge in [0.2, 0.25) is 5.91 Å². The Morgan fingerprint density at radius 2 is 1.81 bits per heavy atom. The molecule has 2 amide bonds. The molecule has 150 valence electrons.